The van der Waals surface area contributed by atoms with Gasteiger partial charge in [-0.25, -0.2) is 0 Å². The van der Waals surface area contributed by atoms with Gasteiger partial charge in [-0.3, -0.25) is 19.4 Å². The molecule has 2 atom stereocenters. The number of amides is 2. The molecule has 7 nitrogen and oxygen atoms in total. The van der Waals surface area contributed by atoms with E-state index in [1.54, 1.807) is 24.5 Å². The van der Waals surface area contributed by atoms with Crippen molar-refractivity contribution in [3.8, 4) is 0 Å². The first-order chi connectivity index (χ1) is 13.7. The molecule has 1 heterocycles. The summed E-state index contributed by atoms with van der Waals surface area (Å²) in [6.45, 7) is 5.56. The molecule has 1 aromatic heterocycles. The maximum Gasteiger partial charge on any atom is 0.310 e. The van der Waals surface area contributed by atoms with Crippen LogP contribution in [-0.2, 0) is 25.7 Å². The lowest BCUT2D eigenvalue weighted by atomic mass is 9.71. The molecular weight excluding hydrogens is 370 g/mol. The van der Waals surface area contributed by atoms with Gasteiger partial charge < -0.3 is 15.8 Å². The van der Waals surface area contributed by atoms with Gasteiger partial charge in [0.1, 0.15) is 6.61 Å². The zero-order valence-corrected chi connectivity index (χ0v) is 16.9. The van der Waals surface area contributed by atoms with Crippen molar-refractivity contribution in [2.24, 2.45) is 23.0 Å². The Morgan fingerprint density at radius 1 is 1.07 bits per heavy atom. The molecular formula is C22H27N3O4. The highest BCUT2D eigenvalue weighted by atomic mass is 16.5. The van der Waals surface area contributed by atoms with Gasteiger partial charge in [0, 0.05) is 24.5 Å². The molecule has 0 aliphatic carbocycles. The number of nitrogens with one attached hydrogen (secondary N) is 1. The van der Waals surface area contributed by atoms with E-state index in [1.807, 2.05) is 51.1 Å². The van der Waals surface area contributed by atoms with Gasteiger partial charge in [-0.1, -0.05) is 51.1 Å². The fraction of sp³-hybridized carbons (Fsp3) is 0.364. The van der Waals surface area contributed by atoms with Gasteiger partial charge in [0.2, 0.25) is 11.8 Å². The average molecular weight is 397 g/mol. The van der Waals surface area contributed by atoms with E-state index in [-0.39, 0.29) is 18.9 Å². The van der Waals surface area contributed by atoms with Gasteiger partial charge in [0.25, 0.3) is 0 Å². The van der Waals surface area contributed by atoms with Crippen LogP contribution in [0, 0.1) is 17.3 Å². The second kappa shape index (κ2) is 9.82. The monoisotopic (exact) mass is 397 g/mol. The number of hydrogen-bond acceptors (Lipinski definition) is 5. The molecule has 3 N–H and O–H groups in total. The Morgan fingerprint density at radius 2 is 1.69 bits per heavy atom. The van der Waals surface area contributed by atoms with Crippen molar-refractivity contribution in [3.05, 3.63) is 60.4 Å². The smallest absolute Gasteiger partial charge is 0.310 e. The quantitative estimate of drug-likeness (QED) is 0.665. The molecule has 0 aliphatic rings. The molecule has 2 aromatic rings. The largest absolute Gasteiger partial charge is 0.461 e. The lowest BCUT2D eigenvalue weighted by Crippen LogP contribution is -2.44. The number of nitrogens with two attached hydrogens (primary N) is 1. The maximum atomic E-state index is 13.1. The minimum atomic E-state index is -1.00. The molecule has 1 aromatic carbocycles. The number of aromatic nitrogens is 1. The Morgan fingerprint density at radius 3 is 2.24 bits per heavy atom. The summed E-state index contributed by atoms with van der Waals surface area (Å²) < 4.78 is 5.43. The van der Waals surface area contributed by atoms with Crippen LogP contribution in [0.2, 0.25) is 0 Å². The highest BCUT2D eigenvalue weighted by molar-refractivity contribution is 5.96. The summed E-state index contributed by atoms with van der Waals surface area (Å²) in [4.78, 5) is 41.5. The standard InChI is InChI=1S/C22H27N3O4/c1-22(2,3)19(20(27)25-16-9-11-24-12-10-16)17(13-18(23)26)21(28)29-14-15-7-5-4-6-8-15/h4-12,17,19H,13-14H2,1-3H3,(H2,23,26)(H,24,25,27)/t17?,19-/m1/s1. The van der Waals surface area contributed by atoms with E-state index in [9.17, 15) is 14.4 Å². The van der Waals surface area contributed by atoms with E-state index >= 15 is 0 Å². The molecule has 7 heteroatoms. The van der Waals surface area contributed by atoms with Gasteiger partial charge in [0.15, 0.2) is 0 Å². The number of rotatable bonds is 8. The van der Waals surface area contributed by atoms with Crippen molar-refractivity contribution in [3.63, 3.8) is 0 Å². The fourth-order valence-electron chi connectivity index (χ4n) is 3.22. The van der Waals surface area contributed by atoms with Crippen molar-refractivity contribution in [1.82, 2.24) is 4.98 Å². The number of pyridine rings is 1. The first-order valence-corrected chi connectivity index (χ1v) is 9.38. The van der Waals surface area contributed by atoms with Crippen LogP contribution in [0.5, 0.6) is 0 Å². The highest BCUT2D eigenvalue weighted by Crippen LogP contribution is 2.36. The van der Waals surface area contributed by atoms with Crippen LogP contribution in [0.1, 0.15) is 32.8 Å². The Hall–Kier alpha value is -3.22. The van der Waals surface area contributed by atoms with Gasteiger partial charge in [-0.15, -0.1) is 0 Å². The predicted octanol–water partition coefficient (Wildman–Crippen LogP) is 2.92. The SMILES string of the molecule is CC(C)(C)[C@@H](C(=O)Nc1ccncc1)C(CC(N)=O)C(=O)OCc1ccccc1. The first kappa shape index (κ1) is 22.1. The van der Waals surface area contributed by atoms with Crippen LogP contribution < -0.4 is 11.1 Å². The molecule has 29 heavy (non-hydrogen) atoms. The third-order valence-corrected chi connectivity index (χ3v) is 4.51. The van der Waals surface area contributed by atoms with Gasteiger partial charge >= 0.3 is 5.97 Å². The fourth-order valence-corrected chi connectivity index (χ4v) is 3.22. The Labute approximate surface area is 170 Å². The minimum absolute atomic E-state index is 0.0533. The van der Waals surface area contributed by atoms with E-state index < -0.39 is 29.1 Å². The predicted molar refractivity (Wildman–Crippen MR) is 109 cm³/mol. The summed E-state index contributed by atoms with van der Waals surface area (Å²) in [5.74, 6) is -3.51. The minimum Gasteiger partial charge on any atom is -0.461 e. The number of anilines is 1. The summed E-state index contributed by atoms with van der Waals surface area (Å²) in [6, 6.07) is 12.5. The molecule has 1 unspecified atom stereocenters. The lowest BCUT2D eigenvalue weighted by molar-refractivity contribution is -0.157. The van der Waals surface area contributed by atoms with Gasteiger partial charge in [-0.2, -0.15) is 0 Å². The topological polar surface area (TPSA) is 111 Å². The third-order valence-electron chi connectivity index (χ3n) is 4.51. The summed E-state index contributed by atoms with van der Waals surface area (Å²) in [7, 11) is 0. The average Bonchev–Trinajstić information content (AvgIpc) is 2.65. The molecule has 0 fully saturated rings. The Kier molecular flexibility index (Phi) is 7.47. The molecule has 0 saturated carbocycles. The van der Waals surface area contributed by atoms with Crippen molar-refractivity contribution in [2.45, 2.75) is 33.8 Å². The summed E-state index contributed by atoms with van der Waals surface area (Å²) >= 11 is 0. The lowest BCUT2D eigenvalue weighted by Gasteiger charge is -2.34. The molecule has 154 valence electrons. The van der Waals surface area contributed by atoms with Gasteiger partial charge in [0.05, 0.1) is 11.8 Å². The van der Waals surface area contributed by atoms with Gasteiger partial charge in [-0.05, 0) is 23.1 Å². The van der Waals surface area contributed by atoms with E-state index in [4.69, 9.17) is 10.5 Å². The van der Waals surface area contributed by atoms with Crippen molar-refractivity contribution >= 4 is 23.5 Å². The highest BCUT2D eigenvalue weighted by Gasteiger charge is 2.43. The molecule has 0 aliphatic heterocycles. The van der Waals surface area contributed by atoms with Crippen molar-refractivity contribution < 1.29 is 19.1 Å². The van der Waals surface area contributed by atoms with E-state index in [0.717, 1.165) is 5.56 Å². The Bertz CT molecular complexity index is 832. The van der Waals surface area contributed by atoms with Crippen LogP contribution in [0.15, 0.2) is 54.9 Å². The molecule has 0 spiro atoms. The number of nitrogens with zero attached hydrogens (tertiary/aromatic N) is 1. The third kappa shape index (κ3) is 6.71. The first-order valence-electron chi connectivity index (χ1n) is 9.38. The van der Waals surface area contributed by atoms with E-state index in [2.05, 4.69) is 10.3 Å². The van der Waals surface area contributed by atoms with E-state index in [1.165, 1.54) is 0 Å². The molecule has 0 saturated heterocycles. The van der Waals surface area contributed by atoms with E-state index in [0.29, 0.717) is 5.69 Å². The zero-order valence-electron chi connectivity index (χ0n) is 16.9. The van der Waals surface area contributed by atoms with Crippen LogP contribution in [0.4, 0.5) is 5.69 Å². The number of hydrogen-bond donors (Lipinski definition) is 2. The molecule has 2 rings (SSSR count). The number of benzene rings is 1. The van der Waals surface area contributed by atoms with Crippen LogP contribution in [0.25, 0.3) is 0 Å². The summed E-state index contributed by atoms with van der Waals surface area (Å²) in [5, 5.41) is 2.79. The number of primary amides is 1. The normalized spacial score (nSPS) is 13.2. The van der Waals surface area contributed by atoms with Crippen LogP contribution in [-0.4, -0.2) is 22.8 Å². The maximum absolute atomic E-state index is 13.1. The van der Waals surface area contributed by atoms with Crippen molar-refractivity contribution in [2.75, 3.05) is 5.32 Å². The number of carbonyl (C=O) groups excluding carboxylic acids is 3. The molecule has 0 bridgehead atoms. The summed E-state index contributed by atoms with van der Waals surface area (Å²) in [5.41, 5.74) is 6.13. The second-order valence-corrected chi connectivity index (χ2v) is 7.94. The Balaban J connectivity index is 2.24. The number of ether oxygens (including phenoxy) is 1. The number of esters is 1. The molecule has 2 amide bonds. The van der Waals surface area contributed by atoms with Crippen LogP contribution >= 0.6 is 0 Å². The summed E-state index contributed by atoms with van der Waals surface area (Å²) in [6.07, 6.45) is 2.83. The zero-order chi connectivity index (χ0) is 21.4. The van der Waals surface area contributed by atoms with Crippen molar-refractivity contribution in [1.29, 1.82) is 0 Å². The molecule has 0 radical (unpaired) electrons. The van der Waals surface area contributed by atoms with Crippen LogP contribution in [0.3, 0.4) is 0 Å². The second-order valence-electron chi connectivity index (χ2n) is 7.94. The number of carbonyl (C=O) groups is 3.